The molecule has 10 heteroatoms. The number of hydrogen-bond acceptors (Lipinski definition) is 8. The number of carbonyl (C=O) groups is 1. The van der Waals surface area contributed by atoms with Gasteiger partial charge in [0.15, 0.2) is 5.82 Å². The molecule has 0 bridgehead atoms. The molecule has 1 unspecified atom stereocenters. The van der Waals surface area contributed by atoms with Crippen molar-refractivity contribution >= 4 is 28.8 Å². The van der Waals surface area contributed by atoms with Gasteiger partial charge in [-0.1, -0.05) is 12.1 Å². The summed E-state index contributed by atoms with van der Waals surface area (Å²) < 4.78 is 18.2. The molecule has 6 rings (SSSR count). The van der Waals surface area contributed by atoms with E-state index in [4.69, 9.17) is 14.7 Å². The topological polar surface area (TPSA) is 115 Å². The van der Waals surface area contributed by atoms with E-state index >= 15 is 0 Å². The molecular weight excluding hydrogens is 536 g/mol. The quantitative estimate of drug-likeness (QED) is 0.404. The molecule has 2 fully saturated rings. The first-order valence-corrected chi connectivity index (χ1v) is 15.9. The standard InChI is InChI=1S/C31H38N6O3S/c1-31(2,24-7-14-32-15-8-24)36-29(38)23-5-3-21(4-6-23)22-9-16-37(17-10-22)30-34-26-13-20-41(39)27(26)28(35-30)33-25-11-18-40-19-12-25/h3-8,14-15,22,25H,9-13,16-20H2,1-2H3,(H,36,38)(H,33,34,35). The lowest BCUT2D eigenvalue weighted by atomic mass is 9.89. The fraction of sp³-hybridized carbons (Fsp3) is 0.484. The zero-order valence-corrected chi connectivity index (χ0v) is 24.6. The third kappa shape index (κ3) is 6.19. The van der Waals surface area contributed by atoms with Crippen LogP contribution >= 0.6 is 0 Å². The molecule has 2 saturated heterocycles. The van der Waals surface area contributed by atoms with Crippen LogP contribution in [0, 0.1) is 0 Å². The van der Waals surface area contributed by atoms with E-state index in [1.165, 1.54) is 5.56 Å². The molecular formula is C31H38N6O3S. The Labute approximate surface area is 244 Å². The Kier molecular flexibility index (Phi) is 8.14. The van der Waals surface area contributed by atoms with Crippen molar-refractivity contribution in [2.24, 2.45) is 0 Å². The van der Waals surface area contributed by atoms with Crippen molar-refractivity contribution in [2.45, 2.75) is 68.3 Å². The molecule has 2 N–H and O–H groups in total. The number of aryl methyl sites for hydroxylation is 1. The molecule has 1 aromatic carbocycles. The van der Waals surface area contributed by atoms with E-state index in [1.807, 2.05) is 38.1 Å². The molecule has 3 aliphatic heterocycles. The van der Waals surface area contributed by atoms with Crippen LogP contribution in [0.3, 0.4) is 0 Å². The van der Waals surface area contributed by atoms with Gasteiger partial charge in [0, 0.05) is 56.7 Å². The fourth-order valence-corrected chi connectivity index (χ4v) is 7.29. The lowest BCUT2D eigenvalue weighted by Gasteiger charge is -2.33. The fourth-order valence-electron chi connectivity index (χ4n) is 5.97. The summed E-state index contributed by atoms with van der Waals surface area (Å²) in [4.78, 5) is 29.9. The average Bonchev–Trinajstić information content (AvgIpc) is 3.39. The van der Waals surface area contributed by atoms with Gasteiger partial charge in [-0.25, -0.2) is 4.98 Å². The van der Waals surface area contributed by atoms with E-state index in [0.717, 1.165) is 86.3 Å². The Morgan fingerprint density at radius 1 is 1.02 bits per heavy atom. The van der Waals surface area contributed by atoms with Crippen LogP contribution in [0.2, 0.25) is 0 Å². The van der Waals surface area contributed by atoms with Gasteiger partial charge in [0.25, 0.3) is 5.91 Å². The number of nitrogens with one attached hydrogen (secondary N) is 2. The van der Waals surface area contributed by atoms with Gasteiger partial charge in [-0.05, 0) is 92.0 Å². The summed E-state index contributed by atoms with van der Waals surface area (Å²) in [6.07, 6.45) is 8.03. The number of aromatic nitrogens is 3. The third-order valence-corrected chi connectivity index (χ3v) is 9.95. The van der Waals surface area contributed by atoms with Gasteiger partial charge >= 0.3 is 0 Å². The van der Waals surface area contributed by atoms with Crippen LogP contribution in [0.4, 0.5) is 11.8 Å². The number of benzene rings is 1. The highest BCUT2D eigenvalue weighted by Crippen LogP contribution is 2.35. The predicted octanol–water partition coefficient (Wildman–Crippen LogP) is 4.18. The first kappa shape index (κ1) is 27.9. The van der Waals surface area contributed by atoms with Crippen molar-refractivity contribution in [3.8, 4) is 0 Å². The number of nitrogens with zero attached hydrogens (tertiary/aromatic N) is 4. The highest BCUT2D eigenvalue weighted by atomic mass is 32.2. The third-order valence-electron chi connectivity index (χ3n) is 8.49. The van der Waals surface area contributed by atoms with Gasteiger partial charge in [-0.2, -0.15) is 4.98 Å². The maximum absolute atomic E-state index is 13.0. The Balaban J connectivity index is 1.09. The molecule has 2 aromatic heterocycles. The Morgan fingerprint density at radius 3 is 2.44 bits per heavy atom. The Bertz CT molecular complexity index is 1360. The van der Waals surface area contributed by atoms with Crippen molar-refractivity contribution in [2.75, 3.05) is 42.3 Å². The minimum absolute atomic E-state index is 0.0898. The molecule has 0 saturated carbocycles. The van der Waals surface area contributed by atoms with Crippen LogP contribution in [0.15, 0.2) is 53.7 Å². The Morgan fingerprint density at radius 2 is 1.73 bits per heavy atom. The molecule has 0 spiro atoms. The van der Waals surface area contributed by atoms with E-state index in [0.29, 0.717) is 17.2 Å². The zero-order chi connectivity index (χ0) is 28.4. The second-order valence-electron chi connectivity index (χ2n) is 11.7. The number of fused-ring (bicyclic) bond motifs is 1. The molecule has 0 radical (unpaired) electrons. The smallest absolute Gasteiger partial charge is 0.251 e. The van der Waals surface area contributed by atoms with Gasteiger partial charge in [0.1, 0.15) is 11.4 Å². The average molecular weight is 575 g/mol. The van der Waals surface area contributed by atoms with Gasteiger partial charge in [-0.15, -0.1) is 0 Å². The number of anilines is 2. The van der Waals surface area contributed by atoms with Crippen molar-refractivity contribution in [3.05, 3.63) is 71.2 Å². The predicted molar refractivity (Wildman–Crippen MR) is 160 cm³/mol. The van der Waals surface area contributed by atoms with Crippen molar-refractivity contribution in [1.29, 1.82) is 0 Å². The summed E-state index contributed by atoms with van der Waals surface area (Å²) in [6, 6.07) is 12.2. The molecule has 216 valence electrons. The summed E-state index contributed by atoms with van der Waals surface area (Å²) in [6.45, 7) is 7.18. The first-order chi connectivity index (χ1) is 19.9. The molecule has 9 nitrogen and oxygen atoms in total. The normalized spacial score (nSPS) is 20.1. The second kappa shape index (κ2) is 12.0. The monoisotopic (exact) mass is 574 g/mol. The molecule has 3 aliphatic rings. The maximum atomic E-state index is 13.0. The largest absolute Gasteiger partial charge is 0.611 e. The minimum Gasteiger partial charge on any atom is -0.611 e. The minimum atomic E-state index is -1.05. The van der Waals surface area contributed by atoms with E-state index in [1.54, 1.807) is 12.4 Å². The van der Waals surface area contributed by atoms with E-state index in [2.05, 4.69) is 32.7 Å². The maximum Gasteiger partial charge on any atom is 0.251 e. The summed E-state index contributed by atoms with van der Waals surface area (Å²) >= 11 is -1.05. The molecule has 1 atom stereocenters. The number of carbonyl (C=O) groups excluding carboxylic acids is 1. The van der Waals surface area contributed by atoms with Crippen LogP contribution in [-0.2, 0) is 27.9 Å². The second-order valence-corrected chi connectivity index (χ2v) is 13.2. The van der Waals surface area contributed by atoms with Crippen molar-refractivity contribution in [1.82, 2.24) is 20.3 Å². The van der Waals surface area contributed by atoms with Crippen LogP contribution in [-0.4, -0.2) is 63.5 Å². The molecule has 3 aromatic rings. The van der Waals surface area contributed by atoms with Gasteiger partial charge in [0.2, 0.25) is 10.8 Å². The number of ether oxygens (including phenoxy) is 1. The Hall–Kier alpha value is -3.21. The van der Waals surface area contributed by atoms with Gasteiger partial charge in [-0.3, -0.25) is 9.78 Å². The van der Waals surface area contributed by atoms with E-state index in [-0.39, 0.29) is 11.9 Å². The lowest BCUT2D eigenvalue weighted by molar-refractivity contribution is 0.0902. The molecule has 41 heavy (non-hydrogen) atoms. The van der Waals surface area contributed by atoms with Crippen LogP contribution in [0.25, 0.3) is 0 Å². The van der Waals surface area contributed by atoms with Gasteiger partial charge in [0.05, 0.1) is 5.54 Å². The highest BCUT2D eigenvalue weighted by molar-refractivity contribution is 7.91. The molecule has 0 aliphatic carbocycles. The van der Waals surface area contributed by atoms with E-state index in [9.17, 15) is 9.35 Å². The number of rotatable bonds is 7. The van der Waals surface area contributed by atoms with Crippen molar-refractivity contribution in [3.63, 3.8) is 0 Å². The zero-order valence-electron chi connectivity index (χ0n) is 23.8. The summed E-state index contributed by atoms with van der Waals surface area (Å²) in [5.41, 5.74) is 3.34. The summed E-state index contributed by atoms with van der Waals surface area (Å²) in [5.74, 6) is 2.43. The first-order valence-electron chi connectivity index (χ1n) is 14.6. The number of hydrogen-bond donors (Lipinski definition) is 2. The summed E-state index contributed by atoms with van der Waals surface area (Å²) in [5, 5.41) is 6.72. The molecule has 1 amide bonds. The lowest BCUT2D eigenvalue weighted by Crippen LogP contribution is -2.41. The number of pyridine rings is 1. The highest BCUT2D eigenvalue weighted by Gasteiger charge is 2.34. The number of amides is 1. The SMILES string of the molecule is CC(C)(NC(=O)c1ccc(C2CCN(c3nc4c(c(NC5CCOCC5)n3)[S+]([O-])CC4)CC2)cc1)c1ccncc1. The van der Waals surface area contributed by atoms with Crippen LogP contribution in [0.5, 0.6) is 0 Å². The van der Waals surface area contributed by atoms with Gasteiger partial charge < -0.3 is 24.8 Å². The van der Waals surface area contributed by atoms with Crippen LogP contribution in [0.1, 0.15) is 72.6 Å². The number of piperidine rings is 1. The van der Waals surface area contributed by atoms with Crippen molar-refractivity contribution < 1.29 is 14.1 Å². The van der Waals surface area contributed by atoms with Crippen LogP contribution < -0.4 is 15.5 Å². The molecule has 5 heterocycles. The summed E-state index contributed by atoms with van der Waals surface area (Å²) in [7, 11) is 0. The van der Waals surface area contributed by atoms with E-state index < -0.39 is 16.7 Å².